The summed E-state index contributed by atoms with van der Waals surface area (Å²) in [6, 6.07) is 7.61. The topological polar surface area (TPSA) is 90.9 Å². The summed E-state index contributed by atoms with van der Waals surface area (Å²) in [6.45, 7) is 0. The van der Waals surface area contributed by atoms with E-state index >= 15 is 0 Å². The average molecular weight is 244 g/mol. The fraction of sp³-hybridized carbons (Fsp3) is 0. The van der Waals surface area contributed by atoms with E-state index in [4.69, 9.17) is 4.42 Å². The third-order valence-electron chi connectivity index (χ3n) is 2.80. The van der Waals surface area contributed by atoms with Crippen molar-refractivity contribution in [3.05, 3.63) is 40.6 Å². The number of fused-ring (bicyclic) bond motifs is 2. The van der Waals surface area contributed by atoms with E-state index in [1.54, 1.807) is 24.3 Å². The molecule has 5 heteroatoms. The Bertz CT molecular complexity index is 832. The largest absolute Gasteiger partial charge is 0.504 e. The SMILES string of the molecule is O=c1c2ccccc2oc2c(O)c(O)c(O)cc12. The van der Waals surface area contributed by atoms with Gasteiger partial charge >= 0.3 is 0 Å². The van der Waals surface area contributed by atoms with E-state index < -0.39 is 17.2 Å². The number of rotatable bonds is 0. The van der Waals surface area contributed by atoms with Crippen LogP contribution >= 0.6 is 0 Å². The summed E-state index contributed by atoms with van der Waals surface area (Å²) < 4.78 is 5.37. The third-order valence-corrected chi connectivity index (χ3v) is 2.80. The normalized spacial score (nSPS) is 11.1. The van der Waals surface area contributed by atoms with E-state index in [0.717, 1.165) is 6.07 Å². The van der Waals surface area contributed by atoms with Gasteiger partial charge in [-0.1, -0.05) is 12.1 Å². The Morgan fingerprint density at radius 2 is 1.67 bits per heavy atom. The van der Waals surface area contributed by atoms with Crippen molar-refractivity contribution in [2.24, 2.45) is 0 Å². The van der Waals surface area contributed by atoms with Crippen molar-refractivity contribution in [1.29, 1.82) is 0 Å². The summed E-state index contributed by atoms with van der Waals surface area (Å²) in [7, 11) is 0. The van der Waals surface area contributed by atoms with Crippen LogP contribution in [0, 0.1) is 0 Å². The van der Waals surface area contributed by atoms with Crippen LogP contribution in [0.4, 0.5) is 0 Å². The molecule has 0 amide bonds. The Morgan fingerprint density at radius 1 is 0.944 bits per heavy atom. The first-order valence-corrected chi connectivity index (χ1v) is 5.19. The van der Waals surface area contributed by atoms with E-state index in [0.29, 0.717) is 11.0 Å². The van der Waals surface area contributed by atoms with Gasteiger partial charge in [-0.05, 0) is 18.2 Å². The molecule has 1 heterocycles. The highest BCUT2D eigenvalue weighted by atomic mass is 16.4. The first-order valence-electron chi connectivity index (χ1n) is 5.19. The Hall–Kier alpha value is -2.69. The van der Waals surface area contributed by atoms with Crippen LogP contribution in [0.3, 0.4) is 0 Å². The molecule has 0 fully saturated rings. The molecule has 0 saturated carbocycles. The zero-order valence-electron chi connectivity index (χ0n) is 9.04. The summed E-state index contributed by atoms with van der Waals surface area (Å²) in [5.74, 6) is -1.92. The lowest BCUT2D eigenvalue weighted by molar-refractivity contribution is 0.367. The molecule has 3 aromatic rings. The molecule has 3 N–H and O–H groups in total. The Balaban J connectivity index is 2.65. The Morgan fingerprint density at radius 3 is 2.44 bits per heavy atom. The summed E-state index contributed by atoms with van der Waals surface area (Å²) in [5, 5.41) is 28.8. The molecule has 0 saturated heterocycles. The van der Waals surface area contributed by atoms with E-state index in [2.05, 4.69) is 0 Å². The number of phenols is 3. The molecule has 1 aromatic heterocycles. The smallest absolute Gasteiger partial charge is 0.205 e. The molecule has 0 spiro atoms. The fourth-order valence-corrected chi connectivity index (χ4v) is 1.90. The van der Waals surface area contributed by atoms with Gasteiger partial charge in [0.1, 0.15) is 5.58 Å². The maximum Gasteiger partial charge on any atom is 0.205 e. The van der Waals surface area contributed by atoms with Crippen molar-refractivity contribution in [2.45, 2.75) is 0 Å². The number of hydrogen-bond acceptors (Lipinski definition) is 5. The maximum absolute atomic E-state index is 12.1. The van der Waals surface area contributed by atoms with Crippen molar-refractivity contribution in [3.8, 4) is 17.2 Å². The van der Waals surface area contributed by atoms with Gasteiger partial charge in [-0.2, -0.15) is 0 Å². The molecule has 0 aliphatic heterocycles. The Kier molecular flexibility index (Phi) is 1.98. The Labute approximate surface area is 100 Å². The number of para-hydroxylation sites is 1. The summed E-state index contributed by atoms with van der Waals surface area (Å²) in [4.78, 5) is 12.1. The molecule has 18 heavy (non-hydrogen) atoms. The van der Waals surface area contributed by atoms with Gasteiger partial charge in [0.15, 0.2) is 11.3 Å². The molecular weight excluding hydrogens is 236 g/mol. The van der Waals surface area contributed by atoms with E-state index in [1.807, 2.05) is 0 Å². The summed E-state index contributed by atoms with van der Waals surface area (Å²) in [5.41, 5.74) is -0.221. The molecule has 3 rings (SSSR count). The number of benzene rings is 2. The highest BCUT2D eigenvalue weighted by Gasteiger charge is 2.17. The number of hydrogen-bond donors (Lipinski definition) is 3. The molecular formula is C13H8O5. The van der Waals surface area contributed by atoms with Gasteiger partial charge in [0.25, 0.3) is 0 Å². The standard InChI is InChI=1S/C13H8O5/c14-8-5-7-10(15)6-3-1-2-4-9(6)18-13(7)12(17)11(8)16/h1-5,14,16-17H. The minimum absolute atomic E-state index is 0.0153. The van der Waals surface area contributed by atoms with Crippen LogP contribution < -0.4 is 5.43 Å². The molecule has 0 radical (unpaired) electrons. The zero-order valence-corrected chi connectivity index (χ0v) is 9.04. The van der Waals surface area contributed by atoms with Crippen molar-refractivity contribution in [2.75, 3.05) is 0 Å². The lowest BCUT2D eigenvalue weighted by Gasteiger charge is -2.05. The molecule has 90 valence electrons. The van der Waals surface area contributed by atoms with Crippen molar-refractivity contribution in [3.63, 3.8) is 0 Å². The van der Waals surface area contributed by atoms with Crippen molar-refractivity contribution < 1.29 is 19.7 Å². The molecule has 0 aliphatic carbocycles. The monoisotopic (exact) mass is 244 g/mol. The predicted octanol–water partition coefficient (Wildman–Crippen LogP) is 2.06. The fourth-order valence-electron chi connectivity index (χ4n) is 1.90. The lowest BCUT2D eigenvalue weighted by Crippen LogP contribution is -2.01. The maximum atomic E-state index is 12.1. The van der Waals surface area contributed by atoms with E-state index in [-0.39, 0.29) is 16.4 Å². The van der Waals surface area contributed by atoms with E-state index in [9.17, 15) is 20.1 Å². The second kappa shape index (κ2) is 3.40. The molecule has 0 unspecified atom stereocenters. The van der Waals surface area contributed by atoms with Crippen LogP contribution in [0.1, 0.15) is 0 Å². The number of aromatic hydroxyl groups is 3. The van der Waals surface area contributed by atoms with Crippen molar-refractivity contribution in [1.82, 2.24) is 0 Å². The lowest BCUT2D eigenvalue weighted by atomic mass is 10.1. The predicted molar refractivity (Wildman–Crippen MR) is 65.0 cm³/mol. The van der Waals surface area contributed by atoms with Gasteiger partial charge in [0, 0.05) is 0 Å². The van der Waals surface area contributed by atoms with Crippen LogP contribution in [0.15, 0.2) is 39.5 Å². The molecule has 0 aliphatic rings. The van der Waals surface area contributed by atoms with Gasteiger partial charge in [0.05, 0.1) is 10.8 Å². The average Bonchev–Trinajstić information content (AvgIpc) is 2.38. The quantitative estimate of drug-likeness (QED) is 0.416. The zero-order chi connectivity index (χ0) is 12.9. The van der Waals surface area contributed by atoms with Crippen LogP contribution in [-0.4, -0.2) is 15.3 Å². The number of phenolic OH excluding ortho intramolecular Hbond substituents is 3. The highest BCUT2D eigenvalue weighted by Crippen LogP contribution is 2.40. The van der Waals surface area contributed by atoms with Gasteiger partial charge in [-0.25, -0.2) is 0 Å². The molecule has 5 nitrogen and oxygen atoms in total. The van der Waals surface area contributed by atoms with Crippen molar-refractivity contribution >= 4 is 21.9 Å². The van der Waals surface area contributed by atoms with Gasteiger partial charge < -0.3 is 19.7 Å². The molecule has 2 aromatic carbocycles. The van der Waals surface area contributed by atoms with Gasteiger partial charge in [-0.15, -0.1) is 0 Å². The first-order chi connectivity index (χ1) is 8.59. The minimum Gasteiger partial charge on any atom is -0.504 e. The second-order valence-corrected chi connectivity index (χ2v) is 3.90. The highest BCUT2D eigenvalue weighted by molar-refractivity contribution is 5.94. The van der Waals surface area contributed by atoms with Crippen LogP contribution in [-0.2, 0) is 0 Å². The van der Waals surface area contributed by atoms with Gasteiger partial charge in [0.2, 0.25) is 16.9 Å². The molecule has 0 atom stereocenters. The van der Waals surface area contributed by atoms with Crippen LogP contribution in [0.25, 0.3) is 21.9 Å². The van der Waals surface area contributed by atoms with Crippen LogP contribution in [0.5, 0.6) is 17.2 Å². The minimum atomic E-state index is -0.707. The second-order valence-electron chi connectivity index (χ2n) is 3.90. The summed E-state index contributed by atoms with van der Waals surface area (Å²) >= 11 is 0. The van der Waals surface area contributed by atoms with Gasteiger partial charge in [-0.3, -0.25) is 4.79 Å². The first kappa shape index (κ1) is 10.5. The van der Waals surface area contributed by atoms with Crippen LogP contribution in [0.2, 0.25) is 0 Å². The third kappa shape index (κ3) is 1.24. The summed E-state index contributed by atoms with van der Waals surface area (Å²) in [6.07, 6.45) is 0. The molecule has 0 bridgehead atoms. The van der Waals surface area contributed by atoms with E-state index in [1.165, 1.54) is 0 Å².